The predicted molar refractivity (Wildman–Crippen MR) is 94.3 cm³/mol. The molecular weight excluding hydrogens is 323 g/mol. The van der Waals surface area contributed by atoms with Crippen LogP contribution in [0.15, 0.2) is 30.5 Å². The molecule has 0 atom stereocenters. The summed E-state index contributed by atoms with van der Waals surface area (Å²) in [6.45, 7) is 6.71. The maximum absolute atomic E-state index is 10.9. The molecule has 1 aromatic carbocycles. The molecular formula is C19H25N4NaO. The first-order valence-electron chi connectivity index (χ1n) is 8.71. The molecule has 0 aliphatic carbocycles. The van der Waals surface area contributed by atoms with Gasteiger partial charge in [0, 0.05) is 43.5 Å². The van der Waals surface area contributed by atoms with E-state index in [1.165, 1.54) is 31.6 Å². The minimum Gasteiger partial charge on any atom is -0.877 e. The molecule has 128 valence electrons. The first kappa shape index (κ1) is 20.3. The number of rotatable bonds is 3. The van der Waals surface area contributed by atoms with Gasteiger partial charge in [0.25, 0.3) is 0 Å². The van der Waals surface area contributed by atoms with Gasteiger partial charge < -0.3 is 14.9 Å². The van der Waals surface area contributed by atoms with Crippen molar-refractivity contribution >= 4 is 11.3 Å². The van der Waals surface area contributed by atoms with E-state index in [1.807, 2.05) is 30.3 Å². The van der Waals surface area contributed by atoms with Crippen LogP contribution in [0.3, 0.4) is 0 Å². The average Bonchev–Trinajstić information content (AvgIpc) is 2.64. The topological polar surface area (TPSA) is 56.6 Å². The fourth-order valence-corrected chi connectivity index (χ4v) is 3.72. The molecule has 1 aromatic rings. The molecule has 0 N–H and O–H groups in total. The van der Waals surface area contributed by atoms with Crippen molar-refractivity contribution in [3.8, 4) is 6.07 Å². The quantitative estimate of drug-likeness (QED) is 0.364. The fraction of sp³-hybridized carbons (Fsp3) is 0.526. The zero-order chi connectivity index (χ0) is 16.9. The molecule has 2 fully saturated rings. The number of allylic oxidation sites excluding steroid dienone is 1. The van der Waals surface area contributed by atoms with E-state index < -0.39 is 0 Å². The van der Waals surface area contributed by atoms with Crippen molar-refractivity contribution in [2.75, 3.05) is 51.2 Å². The smallest absolute Gasteiger partial charge is 0.877 e. The van der Waals surface area contributed by atoms with Gasteiger partial charge in [-0.2, -0.15) is 5.26 Å². The van der Waals surface area contributed by atoms with Gasteiger partial charge in [0.1, 0.15) is 0 Å². The second-order valence-corrected chi connectivity index (χ2v) is 6.75. The number of benzene rings is 1. The largest absolute Gasteiger partial charge is 1.00 e. The van der Waals surface area contributed by atoms with Crippen LogP contribution in [0.4, 0.5) is 5.69 Å². The van der Waals surface area contributed by atoms with Gasteiger partial charge in [0.2, 0.25) is 0 Å². The Hall–Kier alpha value is -1.03. The van der Waals surface area contributed by atoms with Crippen molar-refractivity contribution in [2.24, 2.45) is 0 Å². The van der Waals surface area contributed by atoms with E-state index in [2.05, 4.69) is 21.7 Å². The summed E-state index contributed by atoms with van der Waals surface area (Å²) < 4.78 is 0. The third kappa shape index (κ3) is 4.99. The van der Waals surface area contributed by atoms with Gasteiger partial charge >= 0.3 is 29.6 Å². The molecule has 5 nitrogen and oxygen atoms in total. The van der Waals surface area contributed by atoms with Crippen LogP contribution >= 0.6 is 0 Å². The molecule has 0 amide bonds. The Labute approximate surface area is 172 Å². The first-order chi connectivity index (χ1) is 11.7. The van der Waals surface area contributed by atoms with Gasteiger partial charge in [-0.15, -0.1) is 6.26 Å². The summed E-state index contributed by atoms with van der Waals surface area (Å²) in [5.41, 5.74) is 2.06. The standard InChI is InChI=1S/C19H26N4O.Na/c1-21-8-6-19(7-9-21)23-12-10-22(11-13-23)18-4-2-16(3-5-18)17(14-20)15-24;/h2-5,15,19,24H,6-13H2,1H3;/q;+1/p-1. The average molecular weight is 348 g/mol. The minimum atomic E-state index is 0. The zero-order valence-electron chi connectivity index (χ0n) is 15.3. The van der Waals surface area contributed by atoms with Crippen molar-refractivity contribution < 1.29 is 34.7 Å². The Morgan fingerprint density at radius 2 is 1.68 bits per heavy atom. The molecule has 2 aliphatic rings. The normalized spacial score (nSPS) is 20.8. The molecule has 0 aromatic heterocycles. The molecule has 0 bridgehead atoms. The summed E-state index contributed by atoms with van der Waals surface area (Å²) in [5.74, 6) is 0. The summed E-state index contributed by atoms with van der Waals surface area (Å²) in [4.78, 5) is 7.45. The van der Waals surface area contributed by atoms with Crippen molar-refractivity contribution in [2.45, 2.75) is 18.9 Å². The molecule has 6 heteroatoms. The summed E-state index contributed by atoms with van der Waals surface area (Å²) in [6, 6.07) is 10.4. The SMILES string of the molecule is CN1CCC(N2CCN(c3ccc(C(C#N)=C[O-])cc3)CC2)CC1.[Na+]. The van der Waals surface area contributed by atoms with Crippen molar-refractivity contribution in [1.82, 2.24) is 9.80 Å². The maximum Gasteiger partial charge on any atom is 1.00 e. The van der Waals surface area contributed by atoms with E-state index in [4.69, 9.17) is 5.26 Å². The minimum absolute atomic E-state index is 0. The Morgan fingerprint density at radius 3 is 2.20 bits per heavy atom. The van der Waals surface area contributed by atoms with Gasteiger partial charge in [-0.1, -0.05) is 12.1 Å². The summed E-state index contributed by atoms with van der Waals surface area (Å²) in [7, 11) is 2.21. The monoisotopic (exact) mass is 348 g/mol. The number of nitrogens with zero attached hydrogens (tertiary/aromatic N) is 4. The molecule has 2 aliphatic heterocycles. The van der Waals surface area contributed by atoms with Crippen LogP contribution in [-0.2, 0) is 0 Å². The fourth-order valence-electron chi connectivity index (χ4n) is 3.72. The summed E-state index contributed by atoms with van der Waals surface area (Å²) >= 11 is 0. The van der Waals surface area contributed by atoms with Crippen molar-refractivity contribution in [3.05, 3.63) is 36.1 Å². The molecule has 0 unspecified atom stereocenters. The number of piperazine rings is 1. The summed E-state index contributed by atoms with van der Waals surface area (Å²) in [5, 5.41) is 19.8. The van der Waals surface area contributed by atoms with Crippen LogP contribution in [0.2, 0.25) is 0 Å². The van der Waals surface area contributed by atoms with Gasteiger partial charge in [-0.25, -0.2) is 0 Å². The molecule has 2 saturated heterocycles. The maximum atomic E-state index is 10.9. The van der Waals surface area contributed by atoms with E-state index in [9.17, 15) is 5.11 Å². The molecule has 2 heterocycles. The summed E-state index contributed by atoms with van der Waals surface area (Å²) in [6.07, 6.45) is 3.18. The van der Waals surface area contributed by atoms with Gasteiger partial charge in [0.15, 0.2) is 0 Å². The Bertz CT molecular complexity index is 609. The molecule has 25 heavy (non-hydrogen) atoms. The Kier molecular flexibility index (Phi) is 7.80. The Morgan fingerprint density at radius 1 is 1.08 bits per heavy atom. The van der Waals surface area contributed by atoms with E-state index in [0.717, 1.165) is 32.2 Å². The van der Waals surface area contributed by atoms with Gasteiger partial charge in [0.05, 0.1) is 6.07 Å². The second-order valence-electron chi connectivity index (χ2n) is 6.75. The third-order valence-corrected chi connectivity index (χ3v) is 5.30. The van der Waals surface area contributed by atoms with E-state index in [0.29, 0.717) is 11.8 Å². The predicted octanol–water partition coefficient (Wildman–Crippen LogP) is -1.87. The zero-order valence-corrected chi connectivity index (χ0v) is 17.3. The number of hydrogen-bond donors (Lipinski definition) is 0. The van der Waals surface area contributed by atoms with Crippen molar-refractivity contribution in [1.29, 1.82) is 5.26 Å². The van der Waals surface area contributed by atoms with E-state index >= 15 is 0 Å². The number of piperidine rings is 1. The molecule has 0 saturated carbocycles. The number of likely N-dealkylation sites (tertiary alicyclic amines) is 1. The van der Waals surface area contributed by atoms with E-state index in [-0.39, 0.29) is 35.1 Å². The second kappa shape index (κ2) is 9.61. The van der Waals surface area contributed by atoms with E-state index in [1.54, 1.807) is 0 Å². The first-order valence-corrected chi connectivity index (χ1v) is 8.71. The van der Waals surface area contributed by atoms with Gasteiger partial charge in [-0.05, 0) is 50.7 Å². The molecule has 3 rings (SSSR count). The van der Waals surface area contributed by atoms with Crippen LogP contribution in [0.5, 0.6) is 0 Å². The molecule has 0 radical (unpaired) electrons. The van der Waals surface area contributed by atoms with Gasteiger partial charge in [-0.3, -0.25) is 4.90 Å². The van der Waals surface area contributed by atoms with Crippen LogP contribution in [0, 0.1) is 11.3 Å². The number of hydrogen-bond acceptors (Lipinski definition) is 5. The third-order valence-electron chi connectivity index (χ3n) is 5.30. The van der Waals surface area contributed by atoms with Crippen molar-refractivity contribution in [3.63, 3.8) is 0 Å². The van der Waals surface area contributed by atoms with Crippen LogP contribution < -0.4 is 39.6 Å². The van der Waals surface area contributed by atoms with Crippen LogP contribution in [0.1, 0.15) is 18.4 Å². The van der Waals surface area contributed by atoms with Crippen LogP contribution in [-0.4, -0.2) is 62.2 Å². The van der Waals surface area contributed by atoms with Crippen LogP contribution in [0.25, 0.3) is 5.57 Å². The number of anilines is 1. The number of nitriles is 1. The Balaban J connectivity index is 0.00000225. The molecule has 0 spiro atoms.